The number of aliphatic carboxylic acids is 1. The molecule has 0 heterocycles. The summed E-state index contributed by atoms with van der Waals surface area (Å²) in [5.41, 5.74) is 0.800. The molecule has 0 saturated heterocycles. The van der Waals surface area contributed by atoms with Crippen LogP contribution in [0.4, 0.5) is 10.1 Å². The van der Waals surface area contributed by atoms with E-state index >= 15 is 0 Å². The van der Waals surface area contributed by atoms with Crippen LogP contribution in [0.1, 0.15) is 13.3 Å². The molecule has 0 radical (unpaired) electrons. The van der Waals surface area contributed by atoms with E-state index in [1.54, 1.807) is 12.1 Å². The Balaban J connectivity index is 2.36. The first kappa shape index (κ1) is 11.5. The topological polar surface area (TPSA) is 49.3 Å². The first-order chi connectivity index (χ1) is 7.08. The monoisotopic (exact) mass is 211 g/mol. The summed E-state index contributed by atoms with van der Waals surface area (Å²) in [7, 11) is 0. The number of halogens is 1. The van der Waals surface area contributed by atoms with E-state index in [1.807, 2.05) is 6.92 Å². The molecule has 82 valence electrons. The number of hydrogen-bond donors (Lipinski definition) is 2. The lowest BCUT2D eigenvalue weighted by atomic mass is 10.1. The molecule has 1 unspecified atom stereocenters. The fraction of sp³-hybridized carbons (Fsp3) is 0.364. The minimum absolute atomic E-state index is 0.0487. The highest BCUT2D eigenvalue weighted by Gasteiger charge is 2.06. The summed E-state index contributed by atoms with van der Waals surface area (Å²) in [5.74, 6) is -1.03. The van der Waals surface area contributed by atoms with Crippen molar-refractivity contribution in [2.45, 2.75) is 13.3 Å². The maximum atomic E-state index is 12.6. The third-order valence-corrected chi connectivity index (χ3v) is 2.02. The number of carboxylic acids is 1. The van der Waals surface area contributed by atoms with Crippen LogP contribution in [-0.4, -0.2) is 17.6 Å². The fourth-order valence-corrected chi connectivity index (χ4v) is 1.23. The van der Waals surface area contributed by atoms with Gasteiger partial charge in [0.1, 0.15) is 5.82 Å². The molecule has 3 nitrogen and oxygen atoms in total. The quantitative estimate of drug-likeness (QED) is 0.786. The van der Waals surface area contributed by atoms with E-state index in [2.05, 4.69) is 5.32 Å². The molecule has 1 rings (SSSR count). The van der Waals surface area contributed by atoms with E-state index in [0.29, 0.717) is 6.54 Å². The van der Waals surface area contributed by atoms with E-state index in [9.17, 15) is 9.18 Å². The molecule has 0 aromatic heterocycles. The van der Waals surface area contributed by atoms with Gasteiger partial charge in [0.15, 0.2) is 0 Å². The van der Waals surface area contributed by atoms with E-state index in [0.717, 1.165) is 5.69 Å². The van der Waals surface area contributed by atoms with Gasteiger partial charge in [0.2, 0.25) is 0 Å². The number of rotatable bonds is 5. The lowest BCUT2D eigenvalue weighted by molar-refractivity contribution is -0.137. The van der Waals surface area contributed by atoms with Gasteiger partial charge in [-0.3, -0.25) is 4.79 Å². The molecule has 0 amide bonds. The Morgan fingerprint density at radius 1 is 1.47 bits per heavy atom. The smallest absolute Gasteiger partial charge is 0.303 e. The summed E-state index contributed by atoms with van der Waals surface area (Å²) in [4.78, 5) is 10.4. The third-order valence-electron chi connectivity index (χ3n) is 2.02. The first-order valence-corrected chi connectivity index (χ1v) is 4.79. The number of benzene rings is 1. The summed E-state index contributed by atoms with van der Waals surface area (Å²) in [6.07, 6.45) is 0.133. The van der Waals surface area contributed by atoms with Crippen LogP contribution in [0.25, 0.3) is 0 Å². The second kappa shape index (κ2) is 5.34. The highest BCUT2D eigenvalue weighted by Crippen LogP contribution is 2.10. The molecule has 0 fully saturated rings. The molecule has 0 spiro atoms. The van der Waals surface area contributed by atoms with Gasteiger partial charge in [-0.2, -0.15) is 0 Å². The zero-order chi connectivity index (χ0) is 11.3. The average molecular weight is 211 g/mol. The van der Waals surface area contributed by atoms with Crippen molar-refractivity contribution < 1.29 is 14.3 Å². The van der Waals surface area contributed by atoms with Gasteiger partial charge in [-0.1, -0.05) is 6.92 Å². The maximum Gasteiger partial charge on any atom is 0.303 e. The second-order valence-corrected chi connectivity index (χ2v) is 3.59. The van der Waals surface area contributed by atoms with Gasteiger partial charge in [0, 0.05) is 18.7 Å². The SMILES string of the molecule is CC(CNc1ccc(F)cc1)CC(=O)O. The van der Waals surface area contributed by atoms with Crippen LogP contribution in [0.5, 0.6) is 0 Å². The Bertz CT molecular complexity index is 324. The molecule has 0 aliphatic heterocycles. The van der Waals surface area contributed by atoms with Crippen LogP contribution in [0, 0.1) is 11.7 Å². The number of anilines is 1. The Hall–Kier alpha value is -1.58. The van der Waals surface area contributed by atoms with E-state index in [1.165, 1.54) is 12.1 Å². The number of carbonyl (C=O) groups is 1. The molecule has 1 atom stereocenters. The molecule has 15 heavy (non-hydrogen) atoms. The molecular formula is C11H14FNO2. The third kappa shape index (κ3) is 4.44. The minimum Gasteiger partial charge on any atom is -0.481 e. The predicted octanol–water partition coefficient (Wildman–Crippen LogP) is 2.35. The van der Waals surface area contributed by atoms with Crippen molar-refractivity contribution >= 4 is 11.7 Å². The van der Waals surface area contributed by atoms with Crippen LogP contribution in [0.3, 0.4) is 0 Å². The Morgan fingerprint density at radius 3 is 2.60 bits per heavy atom. The standard InChI is InChI=1S/C11H14FNO2/c1-8(6-11(14)15)7-13-10-4-2-9(12)3-5-10/h2-5,8,13H,6-7H2,1H3,(H,14,15). The number of carboxylic acid groups (broad SMARTS) is 1. The summed E-state index contributed by atoms with van der Waals surface area (Å²) in [5, 5.41) is 11.6. The van der Waals surface area contributed by atoms with E-state index < -0.39 is 5.97 Å². The Morgan fingerprint density at radius 2 is 2.07 bits per heavy atom. The van der Waals surface area contributed by atoms with Crippen molar-refractivity contribution in [3.05, 3.63) is 30.1 Å². The number of hydrogen-bond acceptors (Lipinski definition) is 2. The molecule has 4 heteroatoms. The summed E-state index contributed by atoms with van der Waals surface area (Å²) in [6.45, 7) is 2.42. The number of nitrogens with one attached hydrogen (secondary N) is 1. The van der Waals surface area contributed by atoms with Crippen molar-refractivity contribution in [3.63, 3.8) is 0 Å². The van der Waals surface area contributed by atoms with Crippen LogP contribution < -0.4 is 5.32 Å². The van der Waals surface area contributed by atoms with Crippen LogP contribution in [-0.2, 0) is 4.79 Å². The van der Waals surface area contributed by atoms with Gasteiger partial charge in [-0.25, -0.2) is 4.39 Å². The van der Waals surface area contributed by atoms with Crippen LogP contribution >= 0.6 is 0 Å². The average Bonchev–Trinajstić information content (AvgIpc) is 2.16. The Labute approximate surface area is 87.9 Å². The van der Waals surface area contributed by atoms with E-state index in [-0.39, 0.29) is 18.2 Å². The lowest BCUT2D eigenvalue weighted by Gasteiger charge is -2.11. The molecule has 0 aliphatic carbocycles. The van der Waals surface area contributed by atoms with Crippen molar-refractivity contribution in [2.24, 2.45) is 5.92 Å². The van der Waals surface area contributed by atoms with Crippen molar-refractivity contribution in [3.8, 4) is 0 Å². The zero-order valence-corrected chi connectivity index (χ0v) is 8.53. The molecule has 1 aromatic rings. The van der Waals surface area contributed by atoms with Crippen molar-refractivity contribution in [1.82, 2.24) is 0 Å². The molecule has 2 N–H and O–H groups in total. The van der Waals surface area contributed by atoms with Crippen LogP contribution in [0.2, 0.25) is 0 Å². The van der Waals surface area contributed by atoms with Gasteiger partial charge < -0.3 is 10.4 Å². The molecule has 0 saturated carbocycles. The van der Waals surface area contributed by atoms with Gasteiger partial charge in [0.25, 0.3) is 0 Å². The summed E-state index contributed by atoms with van der Waals surface area (Å²) < 4.78 is 12.6. The zero-order valence-electron chi connectivity index (χ0n) is 8.53. The summed E-state index contributed by atoms with van der Waals surface area (Å²) in [6, 6.07) is 5.99. The largest absolute Gasteiger partial charge is 0.481 e. The normalized spacial score (nSPS) is 12.1. The molecule has 1 aromatic carbocycles. The lowest BCUT2D eigenvalue weighted by Crippen LogP contribution is -2.14. The van der Waals surface area contributed by atoms with Crippen molar-refractivity contribution in [1.29, 1.82) is 0 Å². The predicted molar refractivity (Wildman–Crippen MR) is 56.3 cm³/mol. The Kier molecular flexibility index (Phi) is 4.09. The first-order valence-electron chi connectivity index (χ1n) is 4.79. The second-order valence-electron chi connectivity index (χ2n) is 3.59. The minimum atomic E-state index is -0.802. The van der Waals surface area contributed by atoms with Gasteiger partial charge in [0.05, 0.1) is 0 Å². The summed E-state index contributed by atoms with van der Waals surface area (Å²) >= 11 is 0. The van der Waals surface area contributed by atoms with Gasteiger partial charge in [-0.15, -0.1) is 0 Å². The van der Waals surface area contributed by atoms with Crippen molar-refractivity contribution in [2.75, 3.05) is 11.9 Å². The van der Waals surface area contributed by atoms with Gasteiger partial charge in [-0.05, 0) is 30.2 Å². The molecule has 0 aliphatic rings. The van der Waals surface area contributed by atoms with Crippen LogP contribution in [0.15, 0.2) is 24.3 Å². The molecular weight excluding hydrogens is 197 g/mol. The fourth-order valence-electron chi connectivity index (χ4n) is 1.23. The highest BCUT2D eigenvalue weighted by atomic mass is 19.1. The molecule has 0 bridgehead atoms. The van der Waals surface area contributed by atoms with Gasteiger partial charge >= 0.3 is 5.97 Å². The highest BCUT2D eigenvalue weighted by molar-refractivity contribution is 5.67. The van der Waals surface area contributed by atoms with E-state index in [4.69, 9.17) is 5.11 Å². The maximum absolute atomic E-state index is 12.6.